The van der Waals surface area contributed by atoms with E-state index in [1.165, 1.54) is 4.90 Å². The van der Waals surface area contributed by atoms with Crippen LogP contribution >= 0.6 is 0 Å². The smallest absolute Gasteiger partial charge is 0.417 e. The van der Waals surface area contributed by atoms with Crippen LogP contribution < -0.4 is 5.32 Å². The highest BCUT2D eigenvalue weighted by Crippen LogP contribution is 2.45. The van der Waals surface area contributed by atoms with Crippen molar-refractivity contribution >= 4 is 26.9 Å². The van der Waals surface area contributed by atoms with Gasteiger partial charge in [-0.15, -0.1) is 0 Å². The lowest BCUT2D eigenvalue weighted by atomic mass is 9.65. The van der Waals surface area contributed by atoms with Crippen molar-refractivity contribution < 1.29 is 23.5 Å². The Bertz CT molecular complexity index is 927. The third kappa shape index (κ3) is 3.88. The Morgan fingerprint density at radius 3 is 2.59 bits per heavy atom. The number of fused-ring (bicyclic) bond motifs is 3. The van der Waals surface area contributed by atoms with Crippen LogP contribution in [-0.4, -0.2) is 50.6 Å². The van der Waals surface area contributed by atoms with Crippen LogP contribution in [-0.2, 0) is 25.2 Å². The van der Waals surface area contributed by atoms with Crippen molar-refractivity contribution in [2.75, 3.05) is 6.61 Å². The lowest BCUT2D eigenvalue weighted by molar-refractivity contribution is -0.149. The Hall–Kier alpha value is -2.19. The molecule has 1 aliphatic carbocycles. The molecule has 0 unspecified atom stereocenters. The molecule has 2 heterocycles. The number of rotatable bonds is 6. The number of carbonyl (C=O) groups is 3. The third-order valence-corrected chi connectivity index (χ3v) is 8.05. The number of carbonyl (C=O) groups excluding carboxylic acids is 3. The highest BCUT2D eigenvalue weighted by molar-refractivity contribution is 6.48. The minimum atomic E-state index is -1.25. The fourth-order valence-electron chi connectivity index (χ4n) is 5.32. The number of nitrogens with one attached hydrogen (secondary N) is 1. The molecule has 2 aliphatic heterocycles. The topological polar surface area (TPSA) is 84.9 Å². The van der Waals surface area contributed by atoms with Gasteiger partial charge in [0.2, 0.25) is 11.8 Å². The van der Waals surface area contributed by atoms with Crippen molar-refractivity contribution in [2.45, 2.75) is 65.4 Å². The number of amides is 3. The van der Waals surface area contributed by atoms with E-state index in [0.29, 0.717) is 13.0 Å². The lowest BCUT2D eigenvalue weighted by Gasteiger charge is -2.48. The second-order valence-electron chi connectivity index (χ2n) is 10.7. The van der Waals surface area contributed by atoms with E-state index in [4.69, 9.17) is 9.16 Å². The van der Waals surface area contributed by atoms with Crippen LogP contribution in [0.15, 0.2) is 24.3 Å². The molecule has 0 bridgehead atoms. The maximum Gasteiger partial charge on any atom is 0.417 e. The summed E-state index contributed by atoms with van der Waals surface area (Å²) in [4.78, 5) is 40.2. The van der Waals surface area contributed by atoms with Crippen molar-refractivity contribution in [1.82, 2.24) is 10.2 Å². The van der Waals surface area contributed by atoms with Crippen molar-refractivity contribution in [3.63, 3.8) is 0 Å². The van der Waals surface area contributed by atoms with Crippen molar-refractivity contribution in [1.29, 1.82) is 0 Å². The predicted molar refractivity (Wildman–Crippen MR) is 122 cm³/mol. The van der Waals surface area contributed by atoms with E-state index in [-0.39, 0.29) is 41.2 Å². The quantitative estimate of drug-likeness (QED) is 0.523. The molecule has 32 heavy (non-hydrogen) atoms. The molecule has 6 atom stereocenters. The summed E-state index contributed by atoms with van der Waals surface area (Å²) >= 11 is 0. The molecule has 2 fully saturated rings. The average Bonchev–Trinajstić information content (AvgIpc) is 3.21. The van der Waals surface area contributed by atoms with E-state index in [0.717, 1.165) is 11.1 Å². The number of hydrogen-bond acceptors (Lipinski definition) is 5. The van der Waals surface area contributed by atoms with Crippen molar-refractivity contribution in [2.24, 2.45) is 23.2 Å². The SMILES string of the molecule is C[C@@H](C(=O)N1C(=O)O[C@H]2Cc3ccccc3[C@H]21)[C@H]1NC(=O)[C@H]1[C@@H](CO[SiH](C)C)C(C)(C)C. The van der Waals surface area contributed by atoms with Gasteiger partial charge in [0.25, 0.3) is 0 Å². The molecule has 174 valence electrons. The second-order valence-corrected chi connectivity index (χ2v) is 13.1. The Kier molecular flexibility index (Phi) is 5.96. The van der Waals surface area contributed by atoms with Gasteiger partial charge in [-0.2, -0.15) is 0 Å². The highest BCUT2D eigenvalue weighted by Gasteiger charge is 2.56. The van der Waals surface area contributed by atoms with Gasteiger partial charge in [0.1, 0.15) is 12.1 Å². The Labute approximate surface area is 191 Å². The lowest BCUT2D eigenvalue weighted by Crippen LogP contribution is -2.67. The minimum absolute atomic E-state index is 0.0168. The van der Waals surface area contributed by atoms with Crippen LogP contribution in [0, 0.1) is 23.2 Å². The highest BCUT2D eigenvalue weighted by atomic mass is 28.3. The van der Waals surface area contributed by atoms with Gasteiger partial charge in [-0.05, 0) is 35.6 Å². The standard InChI is InChI=1S/C24H34N2O5Si/c1-13(19-18(21(27)25-19)16(24(2,3)4)12-30-32(5)6)22(28)26-20-15-10-8-7-9-14(15)11-17(20)31-23(26)29/h7-10,13,16-20,32H,11-12H2,1-6H3,(H,25,27)/t13-,16-,17+,18+,19-,20-/m1/s1. The molecule has 0 spiro atoms. The summed E-state index contributed by atoms with van der Waals surface area (Å²) in [6, 6.07) is 7.13. The monoisotopic (exact) mass is 458 g/mol. The van der Waals surface area contributed by atoms with Gasteiger partial charge < -0.3 is 14.5 Å². The first-order chi connectivity index (χ1) is 15.0. The summed E-state index contributed by atoms with van der Waals surface area (Å²) in [5.74, 6) is -1.22. The number of nitrogens with zero attached hydrogens (tertiary/aromatic N) is 1. The molecule has 1 N–H and O–H groups in total. The first kappa shape index (κ1) is 23.0. The minimum Gasteiger partial charge on any atom is -0.443 e. The Balaban J connectivity index is 1.55. The van der Waals surface area contributed by atoms with E-state index in [1.807, 2.05) is 24.3 Å². The van der Waals surface area contributed by atoms with Crippen molar-refractivity contribution in [3.05, 3.63) is 35.4 Å². The number of β-lactam (4-membered cyclic amide) rings is 1. The van der Waals surface area contributed by atoms with E-state index in [9.17, 15) is 14.4 Å². The number of benzene rings is 1. The van der Waals surface area contributed by atoms with E-state index in [2.05, 4.69) is 39.2 Å². The number of imide groups is 1. The molecule has 1 aromatic carbocycles. The van der Waals surface area contributed by atoms with Gasteiger partial charge in [0, 0.05) is 13.0 Å². The predicted octanol–water partition coefficient (Wildman–Crippen LogP) is 3.04. The largest absolute Gasteiger partial charge is 0.443 e. The zero-order chi connectivity index (χ0) is 23.4. The van der Waals surface area contributed by atoms with Crippen LogP contribution in [0.3, 0.4) is 0 Å². The molecule has 7 nitrogen and oxygen atoms in total. The Morgan fingerprint density at radius 1 is 1.28 bits per heavy atom. The molecule has 8 heteroatoms. The Morgan fingerprint density at radius 2 is 1.97 bits per heavy atom. The van der Waals surface area contributed by atoms with Crippen LogP contribution in [0.4, 0.5) is 4.79 Å². The van der Waals surface area contributed by atoms with E-state index < -0.39 is 27.1 Å². The van der Waals surface area contributed by atoms with Gasteiger partial charge in [0.15, 0.2) is 9.04 Å². The molecular weight excluding hydrogens is 424 g/mol. The molecule has 3 aliphatic rings. The summed E-state index contributed by atoms with van der Waals surface area (Å²) in [6.07, 6.45) is -0.305. The van der Waals surface area contributed by atoms with Gasteiger partial charge in [-0.25, -0.2) is 9.69 Å². The normalized spacial score (nSPS) is 28.5. The average molecular weight is 459 g/mol. The molecular formula is C24H34N2O5Si. The first-order valence-electron chi connectivity index (χ1n) is 11.5. The molecule has 3 amide bonds. The molecule has 2 saturated heterocycles. The second kappa shape index (κ2) is 8.30. The van der Waals surface area contributed by atoms with Gasteiger partial charge in [0.05, 0.1) is 17.9 Å². The van der Waals surface area contributed by atoms with Gasteiger partial charge >= 0.3 is 6.09 Å². The van der Waals surface area contributed by atoms with E-state index >= 15 is 0 Å². The fourth-order valence-corrected chi connectivity index (χ4v) is 5.92. The molecule has 4 rings (SSSR count). The van der Waals surface area contributed by atoms with Gasteiger partial charge in [-0.3, -0.25) is 9.59 Å². The van der Waals surface area contributed by atoms with Crippen LogP contribution in [0.2, 0.25) is 13.1 Å². The first-order valence-corrected chi connectivity index (χ1v) is 14.3. The maximum absolute atomic E-state index is 13.6. The summed E-state index contributed by atoms with van der Waals surface area (Å²) in [6.45, 7) is 12.9. The van der Waals surface area contributed by atoms with Crippen LogP contribution in [0.5, 0.6) is 0 Å². The maximum atomic E-state index is 13.6. The summed E-state index contributed by atoms with van der Waals surface area (Å²) in [5.41, 5.74) is 1.92. The zero-order valence-corrected chi connectivity index (χ0v) is 20.9. The van der Waals surface area contributed by atoms with Crippen LogP contribution in [0.25, 0.3) is 0 Å². The number of hydrogen-bond donors (Lipinski definition) is 1. The third-order valence-electron chi connectivity index (χ3n) is 7.19. The molecule has 0 radical (unpaired) electrons. The van der Waals surface area contributed by atoms with Gasteiger partial charge in [-0.1, -0.05) is 52.0 Å². The molecule has 1 aromatic rings. The summed E-state index contributed by atoms with van der Waals surface area (Å²) in [7, 11) is -1.25. The van der Waals surface area contributed by atoms with E-state index in [1.54, 1.807) is 6.92 Å². The molecule has 0 saturated carbocycles. The zero-order valence-electron chi connectivity index (χ0n) is 19.8. The fraction of sp³-hybridized carbons (Fsp3) is 0.625. The summed E-state index contributed by atoms with van der Waals surface area (Å²) < 4.78 is 11.6. The number of ether oxygens (including phenoxy) is 1. The van der Waals surface area contributed by atoms with Crippen molar-refractivity contribution in [3.8, 4) is 0 Å². The molecule has 0 aromatic heterocycles. The van der Waals surface area contributed by atoms with Crippen LogP contribution in [0.1, 0.15) is 44.9 Å². The summed E-state index contributed by atoms with van der Waals surface area (Å²) in [5, 5.41) is 2.95.